The fourth-order valence-electron chi connectivity index (χ4n) is 1.88. The zero-order valence-electron chi connectivity index (χ0n) is 12.3. The second kappa shape index (κ2) is 8.56. The zero-order chi connectivity index (χ0) is 15.8. The topological polar surface area (TPSA) is 61.4 Å². The maximum atomic E-state index is 13.1. The molecule has 21 heavy (non-hydrogen) atoms. The number of halogens is 2. The first-order valence-electron chi connectivity index (χ1n) is 7.08. The summed E-state index contributed by atoms with van der Waals surface area (Å²) in [6, 6.07) is 3.08. The summed E-state index contributed by atoms with van der Waals surface area (Å²) >= 11 is 0. The molecule has 2 unspecified atom stereocenters. The highest BCUT2D eigenvalue weighted by Gasteiger charge is 2.12. The van der Waals surface area contributed by atoms with Gasteiger partial charge in [-0.05, 0) is 43.9 Å². The van der Waals surface area contributed by atoms with Gasteiger partial charge in [0, 0.05) is 6.04 Å². The lowest BCUT2D eigenvalue weighted by Crippen LogP contribution is -2.46. The van der Waals surface area contributed by atoms with Crippen molar-refractivity contribution in [2.24, 2.45) is 0 Å². The van der Waals surface area contributed by atoms with E-state index in [1.807, 2.05) is 13.8 Å². The minimum Gasteiger partial charge on any atom is -0.394 e. The molecule has 0 saturated heterocycles. The van der Waals surface area contributed by atoms with Gasteiger partial charge in [-0.15, -0.1) is 0 Å². The summed E-state index contributed by atoms with van der Waals surface area (Å²) in [5, 5.41) is 14.4. The Morgan fingerprint density at radius 1 is 1.29 bits per heavy atom. The first kappa shape index (κ1) is 17.4. The number of hydrogen-bond donors (Lipinski definition) is 3. The highest BCUT2D eigenvalue weighted by atomic mass is 19.2. The van der Waals surface area contributed by atoms with Crippen LogP contribution in [0.4, 0.5) is 13.6 Å². The van der Waals surface area contributed by atoms with Gasteiger partial charge in [0.1, 0.15) is 0 Å². The molecule has 6 heteroatoms. The molecule has 1 rings (SSSR count). The minimum absolute atomic E-state index is 0.104. The lowest BCUT2D eigenvalue weighted by Gasteiger charge is -2.18. The van der Waals surface area contributed by atoms with Gasteiger partial charge >= 0.3 is 6.03 Å². The molecule has 2 amide bonds. The molecule has 118 valence electrons. The van der Waals surface area contributed by atoms with Crippen LogP contribution in [0.5, 0.6) is 0 Å². The first-order valence-corrected chi connectivity index (χ1v) is 7.08. The van der Waals surface area contributed by atoms with Gasteiger partial charge in [-0.2, -0.15) is 0 Å². The smallest absolute Gasteiger partial charge is 0.315 e. The number of aliphatic hydroxyl groups excluding tert-OH is 1. The van der Waals surface area contributed by atoms with E-state index < -0.39 is 11.6 Å². The molecule has 3 N–H and O–H groups in total. The van der Waals surface area contributed by atoms with E-state index in [2.05, 4.69) is 10.6 Å². The van der Waals surface area contributed by atoms with Gasteiger partial charge in [0.15, 0.2) is 11.6 Å². The van der Waals surface area contributed by atoms with Crippen LogP contribution in [0.3, 0.4) is 0 Å². The number of carbonyl (C=O) groups excluding carboxylic acids is 1. The molecule has 0 aliphatic heterocycles. The van der Waals surface area contributed by atoms with Crippen molar-refractivity contribution in [1.29, 1.82) is 0 Å². The van der Waals surface area contributed by atoms with Crippen LogP contribution in [0.1, 0.15) is 32.3 Å². The molecule has 4 nitrogen and oxygen atoms in total. The van der Waals surface area contributed by atoms with Crippen molar-refractivity contribution in [3.63, 3.8) is 0 Å². The van der Waals surface area contributed by atoms with Crippen molar-refractivity contribution >= 4 is 6.03 Å². The second-order valence-electron chi connectivity index (χ2n) is 5.09. The summed E-state index contributed by atoms with van der Waals surface area (Å²) in [6.07, 6.45) is 1.79. The Hall–Kier alpha value is -1.69. The summed E-state index contributed by atoms with van der Waals surface area (Å²) in [5.74, 6) is -1.72. The number of hydrogen-bond acceptors (Lipinski definition) is 2. The van der Waals surface area contributed by atoms with Crippen molar-refractivity contribution in [3.05, 3.63) is 35.4 Å². The highest BCUT2D eigenvalue weighted by Crippen LogP contribution is 2.11. The molecule has 0 radical (unpaired) electrons. The molecule has 0 spiro atoms. The van der Waals surface area contributed by atoms with Crippen molar-refractivity contribution in [2.45, 2.75) is 45.2 Å². The Labute approximate surface area is 123 Å². The van der Waals surface area contributed by atoms with E-state index in [0.717, 1.165) is 6.07 Å². The van der Waals surface area contributed by atoms with Crippen molar-refractivity contribution in [3.8, 4) is 0 Å². The number of rotatable bonds is 7. The van der Waals surface area contributed by atoms with Gasteiger partial charge in [0.05, 0.1) is 12.6 Å². The Morgan fingerprint density at radius 3 is 2.57 bits per heavy atom. The molecular formula is C15H22F2N2O2. The number of benzene rings is 1. The van der Waals surface area contributed by atoms with Gasteiger partial charge in [0.2, 0.25) is 0 Å². The third-order valence-corrected chi connectivity index (χ3v) is 3.28. The molecule has 1 aromatic rings. The van der Waals surface area contributed by atoms with Gasteiger partial charge in [0.25, 0.3) is 0 Å². The van der Waals surface area contributed by atoms with E-state index in [9.17, 15) is 13.6 Å². The van der Waals surface area contributed by atoms with Crippen LogP contribution in [0, 0.1) is 11.6 Å². The predicted octanol–water partition coefficient (Wildman–Crippen LogP) is 2.36. The molecule has 0 saturated carbocycles. The minimum atomic E-state index is -0.862. The highest BCUT2D eigenvalue weighted by molar-refractivity contribution is 5.74. The molecule has 2 atom stereocenters. The lowest BCUT2D eigenvalue weighted by molar-refractivity contribution is 0.212. The number of aryl methyl sites for hydroxylation is 1. The monoisotopic (exact) mass is 300 g/mol. The van der Waals surface area contributed by atoms with E-state index in [0.29, 0.717) is 24.8 Å². The van der Waals surface area contributed by atoms with E-state index in [4.69, 9.17) is 5.11 Å². The van der Waals surface area contributed by atoms with Crippen LogP contribution in [0.2, 0.25) is 0 Å². The Bertz CT molecular complexity index is 465. The van der Waals surface area contributed by atoms with Gasteiger partial charge < -0.3 is 15.7 Å². The number of aliphatic hydroxyl groups is 1. The van der Waals surface area contributed by atoms with Crippen molar-refractivity contribution in [1.82, 2.24) is 10.6 Å². The summed E-state index contributed by atoms with van der Waals surface area (Å²) in [4.78, 5) is 11.6. The molecule has 0 aromatic heterocycles. The molecule has 0 fully saturated rings. The average Bonchev–Trinajstić information content (AvgIpc) is 2.46. The number of nitrogens with one attached hydrogen (secondary N) is 2. The Morgan fingerprint density at radius 2 is 2.00 bits per heavy atom. The summed E-state index contributed by atoms with van der Waals surface area (Å²) in [6.45, 7) is 3.60. The number of urea groups is 1. The quantitative estimate of drug-likeness (QED) is 0.724. The van der Waals surface area contributed by atoms with Gasteiger partial charge in [-0.25, -0.2) is 13.6 Å². The van der Waals surface area contributed by atoms with Gasteiger partial charge in [-0.1, -0.05) is 13.0 Å². The second-order valence-corrected chi connectivity index (χ2v) is 5.09. The molecule has 1 aromatic carbocycles. The fraction of sp³-hybridized carbons (Fsp3) is 0.533. The van der Waals surface area contributed by atoms with Crippen LogP contribution in [0.25, 0.3) is 0 Å². The third-order valence-electron chi connectivity index (χ3n) is 3.28. The van der Waals surface area contributed by atoms with Crippen LogP contribution < -0.4 is 10.6 Å². The van der Waals surface area contributed by atoms with Crippen LogP contribution in [-0.4, -0.2) is 29.8 Å². The molecule has 0 aliphatic rings. The van der Waals surface area contributed by atoms with Crippen LogP contribution in [0.15, 0.2) is 18.2 Å². The van der Waals surface area contributed by atoms with E-state index in [-0.39, 0.29) is 24.7 Å². The summed E-state index contributed by atoms with van der Waals surface area (Å²) in [5.41, 5.74) is 0.685. The maximum Gasteiger partial charge on any atom is 0.315 e. The predicted molar refractivity (Wildman–Crippen MR) is 77.0 cm³/mol. The Balaban J connectivity index is 2.38. The third kappa shape index (κ3) is 6.08. The van der Waals surface area contributed by atoms with E-state index >= 15 is 0 Å². The molecule has 0 aliphatic carbocycles. The standard InChI is InChI=1S/C15H22F2N2O2/c1-3-12(9-20)19-15(21)18-10(2)4-5-11-6-7-13(16)14(17)8-11/h6-8,10,12,20H,3-5,9H2,1-2H3,(H2,18,19,21). The first-order chi connectivity index (χ1) is 9.96. The van der Waals surface area contributed by atoms with E-state index in [1.165, 1.54) is 12.1 Å². The fourth-order valence-corrected chi connectivity index (χ4v) is 1.88. The summed E-state index contributed by atoms with van der Waals surface area (Å²) in [7, 11) is 0. The summed E-state index contributed by atoms with van der Waals surface area (Å²) < 4.78 is 25.9. The maximum absolute atomic E-state index is 13.1. The zero-order valence-corrected chi connectivity index (χ0v) is 12.3. The van der Waals surface area contributed by atoms with Crippen LogP contribution in [-0.2, 0) is 6.42 Å². The van der Waals surface area contributed by atoms with E-state index in [1.54, 1.807) is 0 Å². The molecule has 0 bridgehead atoms. The van der Waals surface area contributed by atoms with Crippen LogP contribution >= 0.6 is 0 Å². The van der Waals surface area contributed by atoms with Crippen molar-refractivity contribution < 1.29 is 18.7 Å². The average molecular weight is 300 g/mol. The lowest BCUT2D eigenvalue weighted by atomic mass is 10.1. The SMILES string of the molecule is CCC(CO)NC(=O)NC(C)CCc1ccc(F)c(F)c1. The van der Waals surface area contributed by atoms with Gasteiger partial charge in [-0.3, -0.25) is 0 Å². The largest absolute Gasteiger partial charge is 0.394 e. The molecule has 0 heterocycles. The Kier molecular flexibility index (Phi) is 7.08. The van der Waals surface area contributed by atoms with Crippen molar-refractivity contribution in [2.75, 3.05) is 6.61 Å². The molecular weight excluding hydrogens is 278 g/mol. The number of amides is 2. The normalized spacial score (nSPS) is 13.6. The number of carbonyl (C=O) groups is 1.